The molecule has 1 aliphatic rings. The maximum atomic E-state index is 5.93. The van der Waals surface area contributed by atoms with Gasteiger partial charge in [-0.3, -0.25) is 4.99 Å². The molecule has 0 radical (unpaired) electrons. The number of nitrogens with zero attached hydrogens (tertiary/aromatic N) is 2. The number of hydrogen-bond donors (Lipinski definition) is 2. The molecule has 1 aromatic heterocycles. The lowest BCUT2D eigenvalue weighted by molar-refractivity contribution is 0.310. The highest BCUT2D eigenvalue weighted by atomic mass is 35.5. The lowest BCUT2D eigenvalue weighted by Gasteiger charge is -2.10. The molecule has 0 amide bonds. The molecule has 0 aliphatic carbocycles. The molecule has 2 N–H and O–H groups in total. The first-order valence-electron chi connectivity index (χ1n) is 5.64. The summed E-state index contributed by atoms with van der Waals surface area (Å²) in [5.74, 6) is 1.19. The van der Waals surface area contributed by atoms with E-state index in [1.807, 2.05) is 0 Å². The Morgan fingerprint density at radius 1 is 1.56 bits per heavy atom. The summed E-state index contributed by atoms with van der Waals surface area (Å²) in [4.78, 5) is 8.27. The second kappa shape index (κ2) is 6.11. The number of halogens is 2. The summed E-state index contributed by atoms with van der Waals surface area (Å²) < 4.78 is 5.43. The van der Waals surface area contributed by atoms with Crippen molar-refractivity contribution < 1.29 is 4.74 Å². The van der Waals surface area contributed by atoms with E-state index in [0.29, 0.717) is 35.1 Å². The third-order valence-electron chi connectivity index (χ3n) is 2.31. The molecule has 2 rings (SSSR count). The topological polar surface area (TPSA) is 58.5 Å². The molecule has 2 heterocycles. The molecule has 1 aliphatic heterocycles. The Balaban J connectivity index is 1.72. The van der Waals surface area contributed by atoms with E-state index in [1.165, 1.54) is 6.20 Å². The molecule has 18 heavy (non-hydrogen) atoms. The third-order valence-corrected chi connectivity index (χ3v) is 2.79. The van der Waals surface area contributed by atoms with Gasteiger partial charge in [-0.1, -0.05) is 23.2 Å². The molecular formula is C11H14Cl2N4O. The number of aromatic nitrogens is 1. The monoisotopic (exact) mass is 288 g/mol. The van der Waals surface area contributed by atoms with Crippen LogP contribution in [0.4, 0.5) is 0 Å². The van der Waals surface area contributed by atoms with Gasteiger partial charge in [-0.15, -0.1) is 0 Å². The molecule has 7 heteroatoms. The van der Waals surface area contributed by atoms with Crippen molar-refractivity contribution in [3.05, 3.63) is 22.3 Å². The average Bonchev–Trinajstić information content (AvgIpc) is 2.73. The Morgan fingerprint density at radius 3 is 3.06 bits per heavy atom. The number of hydrogen-bond acceptors (Lipinski definition) is 5. The quantitative estimate of drug-likeness (QED) is 0.828. The first-order chi connectivity index (χ1) is 8.65. The molecular weight excluding hydrogens is 275 g/mol. The van der Waals surface area contributed by atoms with Gasteiger partial charge in [0.05, 0.1) is 18.1 Å². The number of pyridine rings is 1. The van der Waals surface area contributed by atoms with Crippen molar-refractivity contribution >= 4 is 29.2 Å². The van der Waals surface area contributed by atoms with Crippen LogP contribution >= 0.6 is 23.2 Å². The van der Waals surface area contributed by atoms with Crippen LogP contribution in [0.1, 0.15) is 6.92 Å². The second-order valence-corrected chi connectivity index (χ2v) is 4.79. The van der Waals surface area contributed by atoms with Gasteiger partial charge in [0.25, 0.3) is 0 Å². The van der Waals surface area contributed by atoms with Crippen LogP contribution in [0.3, 0.4) is 0 Å². The maximum absolute atomic E-state index is 5.93. The largest absolute Gasteiger partial charge is 0.475 e. The van der Waals surface area contributed by atoms with Crippen LogP contribution in [0.25, 0.3) is 0 Å². The zero-order valence-corrected chi connectivity index (χ0v) is 11.4. The number of nitrogens with one attached hydrogen (secondary N) is 2. The van der Waals surface area contributed by atoms with E-state index in [9.17, 15) is 0 Å². The Hall–Kier alpha value is -1.20. The molecule has 98 valence electrons. The summed E-state index contributed by atoms with van der Waals surface area (Å²) in [7, 11) is 0. The van der Waals surface area contributed by atoms with Crippen molar-refractivity contribution in [2.75, 3.05) is 19.7 Å². The van der Waals surface area contributed by atoms with Crippen LogP contribution in [-0.4, -0.2) is 36.7 Å². The highest BCUT2D eigenvalue weighted by Gasteiger charge is 2.11. The van der Waals surface area contributed by atoms with Gasteiger partial charge in [0.1, 0.15) is 11.6 Å². The van der Waals surface area contributed by atoms with Gasteiger partial charge in [-0.25, -0.2) is 4.98 Å². The minimum atomic E-state index is 0.387. The maximum Gasteiger partial charge on any atom is 0.232 e. The molecule has 0 fully saturated rings. The van der Waals surface area contributed by atoms with E-state index in [-0.39, 0.29) is 0 Å². The molecule has 1 aromatic rings. The molecule has 0 saturated carbocycles. The zero-order chi connectivity index (χ0) is 13.0. The molecule has 5 nitrogen and oxygen atoms in total. The Bertz CT molecular complexity index is 453. The van der Waals surface area contributed by atoms with E-state index in [2.05, 4.69) is 27.5 Å². The summed E-state index contributed by atoms with van der Waals surface area (Å²) in [6.07, 6.45) is 1.50. The molecule has 0 bridgehead atoms. The smallest absolute Gasteiger partial charge is 0.232 e. The molecule has 0 aromatic carbocycles. The Morgan fingerprint density at radius 2 is 2.39 bits per heavy atom. The van der Waals surface area contributed by atoms with Crippen LogP contribution < -0.4 is 15.4 Å². The van der Waals surface area contributed by atoms with E-state index in [4.69, 9.17) is 27.9 Å². The van der Waals surface area contributed by atoms with Gasteiger partial charge in [-0.2, -0.15) is 0 Å². The lowest BCUT2D eigenvalue weighted by atomic mass is 10.4. The van der Waals surface area contributed by atoms with Crippen LogP contribution in [0.15, 0.2) is 17.3 Å². The SMILES string of the molecule is CC1CN=C(NCCOc2ncc(Cl)cc2Cl)N1. The van der Waals surface area contributed by atoms with Crippen molar-refractivity contribution in [1.29, 1.82) is 0 Å². The predicted octanol–water partition coefficient (Wildman–Crippen LogP) is 1.70. The number of ether oxygens (including phenoxy) is 1. The fourth-order valence-corrected chi connectivity index (χ4v) is 1.92. The number of aliphatic imine (C=N–C) groups is 1. The van der Waals surface area contributed by atoms with Crippen molar-refractivity contribution in [1.82, 2.24) is 15.6 Å². The van der Waals surface area contributed by atoms with Crippen molar-refractivity contribution in [2.45, 2.75) is 13.0 Å². The van der Waals surface area contributed by atoms with Gasteiger partial charge < -0.3 is 15.4 Å². The highest BCUT2D eigenvalue weighted by molar-refractivity contribution is 6.35. The van der Waals surface area contributed by atoms with Gasteiger partial charge in [0, 0.05) is 12.2 Å². The van der Waals surface area contributed by atoms with E-state index in [1.54, 1.807) is 6.07 Å². The Kier molecular flexibility index (Phi) is 4.49. The zero-order valence-electron chi connectivity index (χ0n) is 9.91. The summed E-state index contributed by atoms with van der Waals surface area (Å²) in [6, 6.07) is 1.99. The van der Waals surface area contributed by atoms with Gasteiger partial charge in [0.15, 0.2) is 5.96 Å². The van der Waals surface area contributed by atoms with E-state index in [0.717, 1.165) is 12.5 Å². The highest BCUT2D eigenvalue weighted by Crippen LogP contribution is 2.24. The first kappa shape index (κ1) is 13.2. The summed E-state index contributed by atoms with van der Waals surface area (Å²) >= 11 is 11.7. The van der Waals surface area contributed by atoms with Crippen molar-refractivity contribution in [2.24, 2.45) is 4.99 Å². The van der Waals surface area contributed by atoms with Gasteiger partial charge in [-0.05, 0) is 13.0 Å². The van der Waals surface area contributed by atoms with Crippen LogP contribution in [0.2, 0.25) is 10.0 Å². The second-order valence-electron chi connectivity index (χ2n) is 3.95. The minimum absolute atomic E-state index is 0.387. The molecule has 1 unspecified atom stereocenters. The standard InChI is InChI=1S/C11H14Cl2N4O/c1-7-5-16-11(17-7)14-2-3-18-10-9(13)4-8(12)6-15-10/h4,6-7H,2-3,5H2,1H3,(H2,14,16,17). The number of rotatable bonds is 4. The normalized spacial score (nSPS) is 18.2. The first-order valence-corrected chi connectivity index (χ1v) is 6.39. The summed E-state index contributed by atoms with van der Waals surface area (Å²) in [5.41, 5.74) is 0. The van der Waals surface area contributed by atoms with Crippen molar-refractivity contribution in [3.8, 4) is 5.88 Å². The fourth-order valence-electron chi connectivity index (χ4n) is 1.49. The van der Waals surface area contributed by atoms with Crippen molar-refractivity contribution in [3.63, 3.8) is 0 Å². The van der Waals surface area contributed by atoms with E-state index < -0.39 is 0 Å². The lowest BCUT2D eigenvalue weighted by Crippen LogP contribution is -2.39. The van der Waals surface area contributed by atoms with Gasteiger partial charge in [0.2, 0.25) is 5.88 Å². The third kappa shape index (κ3) is 3.65. The Labute approximate surface area is 116 Å². The van der Waals surface area contributed by atoms with Crippen LogP contribution in [0.5, 0.6) is 5.88 Å². The molecule has 1 atom stereocenters. The minimum Gasteiger partial charge on any atom is -0.475 e. The number of guanidine groups is 1. The molecule has 0 saturated heterocycles. The fraction of sp³-hybridized carbons (Fsp3) is 0.455. The van der Waals surface area contributed by atoms with Crippen LogP contribution in [-0.2, 0) is 0 Å². The average molecular weight is 289 g/mol. The van der Waals surface area contributed by atoms with E-state index >= 15 is 0 Å². The summed E-state index contributed by atoms with van der Waals surface area (Å²) in [6.45, 7) is 3.95. The van der Waals surface area contributed by atoms with Gasteiger partial charge >= 0.3 is 0 Å². The van der Waals surface area contributed by atoms with Crippen LogP contribution in [0, 0.1) is 0 Å². The summed E-state index contributed by atoms with van der Waals surface area (Å²) in [5, 5.41) is 7.23. The molecule has 0 spiro atoms. The predicted molar refractivity (Wildman–Crippen MR) is 72.7 cm³/mol.